The van der Waals surface area contributed by atoms with Gasteiger partial charge in [-0.15, -0.1) is 29.3 Å². The van der Waals surface area contributed by atoms with E-state index in [0.29, 0.717) is 11.7 Å². The lowest BCUT2D eigenvalue weighted by Gasteiger charge is -2.00. The summed E-state index contributed by atoms with van der Waals surface area (Å²) >= 11 is 2.81. The van der Waals surface area contributed by atoms with Crippen molar-refractivity contribution < 1.29 is 8.42 Å². The van der Waals surface area contributed by atoms with Crippen molar-refractivity contribution in [3.63, 3.8) is 0 Å². The zero-order chi connectivity index (χ0) is 13.9. The van der Waals surface area contributed by atoms with Crippen LogP contribution in [-0.2, 0) is 16.6 Å². The molecular weight excluding hydrogens is 302 g/mol. The molecule has 2 aromatic rings. The Balaban J connectivity index is 2.17. The first-order chi connectivity index (χ1) is 9.04. The Morgan fingerprint density at radius 2 is 2.26 bits per heavy atom. The summed E-state index contributed by atoms with van der Waals surface area (Å²) in [5.41, 5.74) is 6.31. The largest absolute Gasteiger partial charge is 0.326 e. The maximum atomic E-state index is 11.6. The van der Waals surface area contributed by atoms with Crippen molar-refractivity contribution in [2.45, 2.75) is 6.54 Å². The van der Waals surface area contributed by atoms with Crippen LogP contribution in [0.15, 0.2) is 30.2 Å². The quantitative estimate of drug-likeness (QED) is 0.801. The molecule has 0 aliphatic carbocycles. The van der Waals surface area contributed by atoms with Crippen LogP contribution in [0, 0.1) is 0 Å². The third kappa shape index (κ3) is 3.63. The van der Waals surface area contributed by atoms with E-state index in [-0.39, 0.29) is 5.75 Å². The Hall–Kier alpha value is -1.22. The van der Waals surface area contributed by atoms with Gasteiger partial charge in [-0.1, -0.05) is 6.08 Å². The fraction of sp³-hybridized carbons (Fsp3) is 0.182. The Bertz CT molecular complexity index is 673. The third-order valence-electron chi connectivity index (χ3n) is 2.20. The maximum absolute atomic E-state index is 11.6. The number of rotatable bonds is 6. The van der Waals surface area contributed by atoms with E-state index in [0.717, 1.165) is 15.4 Å². The van der Waals surface area contributed by atoms with Crippen LogP contribution in [0.1, 0.15) is 4.88 Å². The number of hydrogen-bond donors (Lipinski definition) is 2. The molecule has 0 aliphatic heterocycles. The molecule has 5 nitrogen and oxygen atoms in total. The number of aromatic nitrogens is 1. The zero-order valence-electron chi connectivity index (χ0n) is 10.00. The number of nitrogens with two attached hydrogens (primary N) is 1. The van der Waals surface area contributed by atoms with E-state index in [4.69, 9.17) is 5.73 Å². The van der Waals surface area contributed by atoms with Crippen LogP contribution in [-0.4, -0.2) is 19.2 Å². The first-order valence-corrected chi connectivity index (χ1v) is 8.75. The molecule has 0 unspecified atom stereocenters. The Labute approximate surface area is 119 Å². The molecule has 2 rings (SSSR count). The van der Waals surface area contributed by atoms with E-state index in [1.807, 2.05) is 17.5 Å². The van der Waals surface area contributed by atoms with E-state index < -0.39 is 10.0 Å². The number of nitrogens with zero attached hydrogens (tertiary/aromatic N) is 1. The molecule has 0 amide bonds. The lowest BCUT2D eigenvalue weighted by Crippen LogP contribution is -2.14. The van der Waals surface area contributed by atoms with Gasteiger partial charge in [0.25, 0.3) is 0 Å². The summed E-state index contributed by atoms with van der Waals surface area (Å²) < 4.78 is 25.6. The predicted molar refractivity (Wildman–Crippen MR) is 80.9 cm³/mol. The molecule has 0 fully saturated rings. The highest BCUT2D eigenvalue weighted by molar-refractivity contribution is 7.93. The summed E-state index contributed by atoms with van der Waals surface area (Å²) in [6.07, 6.45) is 1.34. The second-order valence-electron chi connectivity index (χ2n) is 3.68. The van der Waals surface area contributed by atoms with Gasteiger partial charge in [0.05, 0.1) is 16.3 Å². The van der Waals surface area contributed by atoms with Gasteiger partial charge in [-0.2, -0.15) is 0 Å². The van der Waals surface area contributed by atoms with Crippen LogP contribution >= 0.6 is 22.7 Å². The molecule has 8 heteroatoms. The normalized spacial score (nSPS) is 11.4. The van der Waals surface area contributed by atoms with Crippen LogP contribution in [0.2, 0.25) is 0 Å². The highest BCUT2D eigenvalue weighted by Gasteiger charge is 2.12. The number of hydrogen-bond acceptors (Lipinski definition) is 6. The molecule has 102 valence electrons. The average Bonchev–Trinajstić information content (AvgIpc) is 2.96. The molecule has 3 N–H and O–H groups in total. The molecule has 0 aliphatic rings. The van der Waals surface area contributed by atoms with Gasteiger partial charge in [0.15, 0.2) is 5.13 Å². The van der Waals surface area contributed by atoms with Crippen molar-refractivity contribution in [2.24, 2.45) is 5.73 Å². The molecular formula is C11H13N3O2S3. The number of thiophene rings is 1. The van der Waals surface area contributed by atoms with E-state index >= 15 is 0 Å². The summed E-state index contributed by atoms with van der Waals surface area (Å²) in [5, 5.41) is 2.18. The van der Waals surface area contributed by atoms with E-state index in [2.05, 4.69) is 16.3 Å². The van der Waals surface area contributed by atoms with Crippen molar-refractivity contribution in [1.29, 1.82) is 0 Å². The fourth-order valence-electron chi connectivity index (χ4n) is 1.39. The number of thiazole rings is 1. The number of sulfonamides is 1. The first kappa shape index (κ1) is 14.2. The van der Waals surface area contributed by atoms with Crippen LogP contribution in [0.25, 0.3) is 10.6 Å². The molecule has 0 radical (unpaired) electrons. The molecule has 2 heterocycles. The maximum Gasteiger partial charge on any atom is 0.238 e. The van der Waals surface area contributed by atoms with E-state index in [1.54, 1.807) is 11.3 Å². The van der Waals surface area contributed by atoms with Crippen molar-refractivity contribution in [3.8, 4) is 10.6 Å². The number of nitrogens with one attached hydrogen (secondary N) is 1. The highest BCUT2D eigenvalue weighted by atomic mass is 32.2. The molecule has 0 aromatic carbocycles. The van der Waals surface area contributed by atoms with Gasteiger partial charge in [-0.3, -0.25) is 4.72 Å². The minimum absolute atomic E-state index is 0.127. The topological polar surface area (TPSA) is 85.1 Å². The molecule has 2 aromatic heterocycles. The zero-order valence-corrected chi connectivity index (χ0v) is 12.4. The van der Waals surface area contributed by atoms with Crippen LogP contribution < -0.4 is 10.5 Å². The summed E-state index contributed by atoms with van der Waals surface area (Å²) in [4.78, 5) is 6.30. The standard InChI is InChI=1S/C11H13N3O2S3/c1-2-5-19(15,16)14-11-13-9(7-17-11)10-4-3-8(6-12)18-10/h2-4,7H,1,5-6,12H2,(H,13,14). The predicted octanol–water partition coefficient (Wildman–Crippen LogP) is 2.26. The Morgan fingerprint density at radius 1 is 1.47 bits per heavy atom. The van der Waals surface area contributed by atoms with Crippen molar-refractivity contribution in [3.05, 3.63) is 35.0 Å². The second-order valence-corrected chi connectivity index (χ2v) is 7.47. The molecule has 0 atom stereocenters. The van der Waals surface area contributed by atoms with Gasteiger partial charge in [-0.25, -0.2) is 13.4 Å². The van der Waals surface area contributed by atoms with Crippen LogP contribution in [0.4, 0.5) is 5.13 Å². The number of anilines is 1. The summed E-state index contributed by atoms with van der Waals surface area (Å²) in [5.74, 6) is -0.127. The summed E-state index contributed by atoms with van der Waals surface area (Å²) in [7, 11) is -3.39. The minimum atomic E-state index is -3.39. The third-order valence-corrected chi connectivity index (χ3v) is 5.40. The second kappa shape index (κ2) is 5.83. The van der Waals surface area contributed by atoms with Gasteiger partial charge >= 0.3 is 0 Å². The monoisotopic (exact) mass is 315 g/mol. The van der Waals surface area contributed by atoms with Crippen molar-refractivity contribution >= 4 is 37.8 Å². The molecule has 0 bridgehead atoms. The van der Waals surface area contributed by atoms with Gasteiger partial charge in [-0.05, 0) is 12.1 Å². The van der Waals surface area contributed by atoms with Crippen LogP contribution in [0.3, 0.4) is 0 Å². The van der Waals surface area contributed by atoms with Crippen LogP contribution in [0.5, 0.6) is 0 Å². The molecule has 0 saturated carbocycles. The minimum Gasteiger partial charge on any atom is -0.326 e. The van der Waals surface area contributed by atoms with Crippen molar-refractivity contribution in [2.75, 3.05) is 10.5 Å². The Morgan fingerprint density at radius 3 is 2.89 bits per heavy atom. The van der Waals surface area contributed by atoms with E-state index in [1.165, 1.54) is 17.4 Å². The highest BCUT2D eigenvalue weighted by Crippen LogP contribution is 2.30. The smallest absolute Gasteiger partial charge is 0.238 e. The lowest BCUT2D eigenvalue weighted by atomic mass is 10.4. The van der Waals surface area contributed by atoms with Crippen molar-refractivity contribution in [1.82, 2.24) is 4.98 Å². The van der Waals surface area contributed by atoms with Gasteiger partial charge < -0.3 is 5.73 Å². The summed E-state index contributed by atoms with van der Waals surface area (Å²) in [6.45, 7) is 3.90. The first-order valence-electron chi connectivity index (χ1n) is 5.40. The van der Waals surface area contributed by atoms with Gasteiger partial charge in [0.1, 0.15) is 0 Å². The SMILES string of the molecule is C=CCS(=O)(=O)Nc1nc(-c2ccc(CN)s2)cs1. The summed E-state index contributed by atoms with van der Waals surface area (Å²) in [6, 6.07) is 3.88. The van der Waals surface area contributed by atoms with Gasteiger partial charge in [0, 0.05) is 16.8 Å². The average molecular weight is 315 g/mol. The molecule has 0 spiro atoms. The fourth-order valence-corrected chi connectivity index (χ4v) is 4.14. The lowest BCUT2D eigenvalue weighted by molar-refractivity contribution is 0.604. The Kier molecular flexibility index (Phi) is 4.35. The molecule has 19 heavy (non-hydrogen) atoms. The molecule has 0 saturated heterocycles. The van der Waals surface area contributed by atoms with E-state index in [9.17, 15) is 8.42 Å². The van der Waals surface area contributed by atoms with Gasteiger partial charge in [0.2, 0.25) is 10.0 Å².